The monoisotopic (exact) mass is 433 g/mol. The number of hydrogen-bond acceptors (Lipinski definition) is 4. The Hall–Kier alpha value is -2.78. The van der Waals surface area contributed by atoms with Crippen molar-refractivity contribution in [2.24, 2.45) is 0 Å². The maximum Gasteiger partial charge on any atom is 0.313 e. The number of sulfonamides is 1. The van der Waals surface area contributed by atoms with Gasteiger partial charge in [-0.2, -0.15) is 4.31 Å². The summed E-state index contributed by atoms with van der Waals surface area (Å²) in [4.78, 5) is 24.4. The van der Waals surface area contributed by atoms with Crippen molar-refractivity contribution in [2.45, 2.75) is 37.6 Å². The molecular formula is C21H24FN3O4S. The van der Waals surface area contributed by atoms with Gasteiger partial charge in [0.15, 0.2) is 0 Å². The third-order valence-electron chi connectivity index (χ3n) is 5.08. The van der Waals surface area contributed by atoms with Crippen molar-refractivity contribution in [3.05, 3.63) is 59.4 Å². The largest absolute Gasteiger partial charge is 0.346 e. The minimum atomic E-state index is -3.73. The van der Waals surface area contributed by atoms with E-state index in [9.17, 15) is 22.4 Å². The van der Waals surface area contributed by atoms with Crippen LogP contribution >= 0.6 is 0 Å². The molecule has 2 aromatic rings. The quantitative estimate of drug-likeness (QED) is 0.708. The van der Waals surface area contributed by atoms with Crippen LogP contribution in [0.2, 0.25) is 0 Å². The van der Waals surface area contributed by atoms with Crippen molar-refractivity contribution in [1.29, 1.82) is 0 Å². The first-order valence-corrected chi connectivity index (χ1v) is 11.1. The van der Waals surface area contributed by atoms with Gasteiger partial charge >= 0.3 is 11.8 Å². The highest BCUT2D eigenvalue weighted by Crippen LogP contribution is 2.28. The van der Waals surface area contributed by atoms with Crippen molar-refractivity contribution in [1.82, 2.24) is 9.62 Å². The number of aryl methyl sites for hydroxylation is 2. The summed E-state index contributed by atoms with van der Waals surface area (Å²) in [6.07, 6.45) is 1.23. The lowest BCUT2D eigenvalue weighted by Gasteiger charge is -2.25. The maximum atomic E-state index is 13.6. The zero-order valence-corrected chi connectivity index (χ0v) is 17.6. The average Bonchev–Trinajstić information content (AvgIpc) is 3.19. The molecule has 0 aliphatic carbocycles. The minimum Gasteiger partial charge on any atom is -0.346 e. The van der Waals surface area contributed by atoms with Gasteiger partial charge < -0.3 is 10.6 Å². The summed E-state index contributed by atoms with van der Waals surface area (Å²) in [5, 5.41) is 4.67. The number of amides is 2. The fourth-order valence-corrected chi connectivity index (χ4v) is 5.48. The van der Waals surface area contributed by atoms with Gasteiger partial charge in [-0.1, -0.05) is 24.3 Å². The zero-order chi connectivity index (χ0) is 21.9. The molecule has 0 spiro atoms. The second kappa shape index (κ2) is 8.93. The van der Waals surface area contributed by atoms with E-state index in [-0.39, 0.29) is 17.1 Å². The third kappa shape index (κ3) is 4.68. The van der Waals surface area contributed by atoms with Gasteiger partial charge in [-0.15, -0.1) is 0 Å². The molecule has 1 saturated heterocycles. The first-order chi connectivity index (χ1) is 14.2. The van der Waals surface area contributed by atoms with Crippen LogP contribution in [0.4, 0.5) is 10.1 Å². The van der Waals surface area contributed by atoms with Gasteiger partial charge in [-0.05, 0) is 56.0 Å². The molecule has 0 aromatic heterocycles. The van der Waals surface area contributed by atoms with E-state index in [1.54, 1.807) is 19.1 Å². The average molecular weight is 434 g/mol. The zero-order valence-electron chi connectivity index (χ0n) is 16.8. The molecule has 9 heteroatoms. The molecule has 1 aliphatic heterocycles. The molecular weight excluding hydrogens is 409 g/mol. The number of nitrogens with zero attached hydrogens (tertiary/aromatic N) is 1. The Kier molecular flexibility index (Phi) is 6.52. The molecule has 0 radical (unpaired) electrons. The van der Waals surface area contributed by atoms with E-state index in [1.165, 1.54) is 28.6 Å². The lowest BCUT2D eigenvalue weighted by molar-refractivity contribution is -0.136. The predicted molar refractivity (Wildman–Crippen MR) is 111 cm³/mol. The van der Waals surface area contributed by atoms with Gasteiger partial charge in [-0.25, -0.2) is 12.8 Å². The Balaban J connectivity index is 1.66. The van der Waals surface area contributed by atoms with E-state index in [4.69, 9.17) is 0 Å². The summed E-state index contributed by atoms with van der Waals surface area (Å²) >= 11 is 0. The van der Waals surface area contributed by atoms with Gasteiger partial charge in [0.05, 0.1) is 10.6 Å². The van der Waals surface area contributed by atoms with Crippen LogP contribution in [-0.2, 0) is 19.6 Å². The number of halogens is 1. The summed E-state index contributed by atoms with van der Waals surface area (Å²) in [6.45, 7) is 3.91. The Morgan fingerprint density at radius 2 is 1.87 bits per heavy atom. The molecule has 160 valence electrons. The van der Waals surface area contributed by atoms with Crippen LogP contribution in [0.15, 0.2) is 47.4 Å². The van der Waals surface area contributed by atoms with Crippen LogP contribution in [0, 0.1) is 19.7 Å². The summed E-state index contributed by atoms with van der Waals surface area (Å²) < 4.78 is 41.3. The second-order valence-corrected chi connectivity index (χ2v) is 9.18. The minimum absolute atomic E-state index is 0.00633. The molecule has 1 aliphatic rings. The van der Waals surface area contributed by atoms with Gasteiger partial charge in [0.2, 0.25) is 10.0 Å². The second-order valence-electron chi connectivity index (χ2n) is 7.32. The smallest absolute Gasteiger partial charge is 0.313 e. The number of carbonyl (C=O) groups is 2. The van der Waals surface area contributed by atoms with Crippen molar-refractivity contribution in [3.8, 4) is 0 Å². The number of nitrogens with one attached hydrogen (secondary N) is 2. The Labute approximate surface area is 175 Å². The van der Waals surface area contributed by atoms with Crippen LogP contribution in [0.25, 0.3) is 0 Å². The van der Waals surface area contributed by atoms with E-state index in [0.717, 1.165) is 5.56 Å². The van der Waals surface area contributed by atoms with Gasteiger partial charge in [0.1, 0.15) is 5.82 Å². The molecule has 0 saturated carbocycles. The lowest BCUT2D eigenvalue weighted by atomic mass is 10.2. The van der Waals surface area contributed by atoms with Crippen LogP contribution in [-0.4, -0.2) is 43.7 Å². The number of benzene rings is 2. The molecule has 3 rings (SSSR count). The molecule has 0 unspecified atom stereocenters. The highest BCUT2D eigenvalue weighted by atomic mass is 32.2. The summed E-state index contributed by atoms with van der Waals surface area (Å²) in [7, 11) is -3.73. The predicted octanol–water partition coefficient (Wildman–Crippen LogP) is 2.35. The van der Waals surface area contributed by atoms with Crippen molar-refractivity contribution in [2.75, 3.05) is 18.4 Å². The first kappa shape index (κ1) is 21.9. The first-order valence-electron chi connectivity index (χ1n) is 9.63. The Morgan fingerprint density at radius 3 is 2.60 bits per heavy atom. The van der Waals surface area contributed by atoms with Crippen LogP contribution in [0.3, 0.4) is 0 Å². The van der Waals surface area contributed by atoms with E-state index in [1.807, 2.05) is 13.0 Å². The van der Waals surface area contributed by atoms with Crippen molar-refractivity contribution >= 4 is 27.5 Å². The molecule has 7 nitrogen and oxygen atoms in total. The van der Waals surface area contributed by atoms with E-state index < -0.39 is 33.7 Å². The van der Waals surface area contributed by atoms with Crippen LogP contribution in [0.1, 0.15) is 24.0 Å². The molecule has 1 fully saturated rings. The Morgan fingerprint density at radius 1 is 1.13 bits per heavy atom. The van der Waals surface area contributed by atoms with E-state index >= 15 is 0 Å². The van der Waals surface area contributed by atoms with Crippen LogP contribution in [0.5, 0.6) is 0 Å². The van der Waals surface area contributed by atoms with Crippen LogP contribution < -0.4 is 10.6 Å². The maximum absolute atomic E-state index is 13.6. The third-order valence-corrected chi connectivity index (χ3v) is 7.17. The van der Waals surface area contributed by atoms with Gasteiger partial charge in [-0.3, -0.25) is 9.59 Å². The summed E-state index contributed by atoms with van der Waals surface area (Å²) in [5.41, 5.74) is 1.39. The number of hydrogen-bond donors (Lipinski definition) is 2. The topological polar surface area (TPSA) is 95.6 Å². The normalized spacial score (nSPS) is 17.0. The molecule has 2 amide bonds. The number of carbonyl (C=O) groups excluding carboxylic acids is 2. The number of rotatable bonds is 5. The molecule has 2 N–H and O–H groups in total. The highest BCUT2D eigenvalue weighted by Gasteiger charge is 2.36. The molecule has 2 aromatic carbocycles. The fraction of sp³-hybridized carbons (Fsp3) is 0.333. The molecule has 0 bridgehead atoms. The van der Waals surface area contributed by atoms with Crippen molar-refractivity contribution < 1.29 is 22.4 Å². The SMILES string of the molecule is Cc1ccc(C)c(S(=O)(=O)N2CCC[C@H]2CNC(=O)C(=O)Nc2ccccc2F)c1. The molecule has 30 heavy (non-hydrogen) atoms. The van der Waals surface area contributed by atoms with Gasteiger partial charge in [0.25, 0.3) is 0 Å². The highest BCUT2D eigenvalue weighted by molar-refractivity contribution is 7.89. The van der Waals surface area contributed by atoms with Gasteiger partial charge in [0, 0.05) is 19.1 Å². The van der Waals surface area contributed by atoms with E-state index in [2.05, 4.69) is 10.6 Å². The number of anilines is 1. The molecule has 1 heterocycles. The van der Waals surface area contributed by atoms with E-state index in [0.29, 0.717) is 24.9 Å². The molecule has 1 atom stereocenters. The fourth-order valence-electron chi connectivity index (χ4n) is 3.47. The van der Waals surface area contributed by atoms with Crippen molar-refractivity contribution in [3.63, 3.8) is 0 Å². The standard InChI is InChI=1S/C21H24FN3O4S/c1-14-9-10-15(2)19(12-14)30(28,29)25-11-5-6-16(25)13-23-20(26)21(27)24-18-8-4-3-7-17(18)22/h3-4,7-10,12,16H,5-6,11,13H2,1-2H3,(H,23,26)(H,24,27)/t16-/m0/s1. The number of para-hydroxylation sites is 1. The lowest BCUT2D eigenvalue weighted by Crippen LogP contribution is -2.45. The summed E-state index contributed by atoms with van der Waals surface area (Å²) in [5.74, 6) is -2.61. The Bertz CT molecular complexity index is 1070. The summed E-state index contributed by atoms with van der Waals surface area (Å²) in [6, 6.07) is 10.3.